The van der Waals surface area contributed by atoms with Gasteiger partial charge in [0.2, 0.25) is 6.79 Å². The Morgan fingerprint density at radius 2 is 1.95 bits per heavy atom. The van der Waals surface area contributed by atoms with Crippen molar-refractivity contribution < 1.29 is 14.2 Å². The number of ether oxygens (including phenoxy) is 3. The summed E-state index contributed by atoms with van der Waals surface area (Å²) in [4.78, 5) is 0. The van der Waals surface area contributed by atoms with Crippen LogP contribution < -0.4 is 19.9 Å². The Labute approximate surface area is 125 Å². The first-order chi connectivity index (χ1) is 9.63. The van der Waals surface area contributed by atoms with Gasteiger partial charge in [-0.15, -0.1) is 0 Å². The maximum absolute atomic E-state index is 5.98. The third-order valence-corrected chi connectivity index (χ3v) is 3.53. The molecule has 1 atom stereocenters. The molecule has 1 unspecified atom stereocenters. The fourth-order valence-corrected chi connectivity index (χ4v) is 2.41. The van der Waals surface area contributed by atoms with Gasteiger partial charge in [0.1, 0.15) is 11.5 Å². The summed E-state index contributed by atoms with van der Waals surface area (Å²) >= 11 is 3.44. The number of hydrogen-bond donors (Lipinski definition) is 1. The smallest absolute Gasteiger partial charge is 0.231 e. The molecule has 4 nitrogen and oxygen atoms in total. The fourth-order valence-electron chi connectivity index (χ4n) is 2.04. The molecule has 0 fully saturated rings. The van der Waals surface area contributed by atoms with Gasteiger partial charge in [-0.1, -0.05) is 15.9 Å². The van der Waals surface area contributed by atoms with E-state index in [1.165, 1.54) is 0 Å². The van der Waals surface area contributed by atoms with Gasteiger partial charge in [0.05, 0.1) is 0 Å². The molecule has 0 radical (unpaired) electrons. The van der Waals surface area contributed by atoms with E-state index in [9.17, 15) is 0 Å². The molecule has 1 aliphatic heterocycles. The first-order valence-electron chi connectivity index (χ1n) is 6.26. The summed E-state index contributed by atoms with van der Waals surface area (Å²) in [5.74, 6) is 2.86. The third-order valence-electron chi connectivity index (χ3n) is 3.03. The van der Waals surface area contributed by atoms with Gasteiger partial charge in [0.25, 0.3) is 0 Å². The van der Waals surface area contributed by atoms with Gasteiger partial charge < -0.3 is 19.9 Å². The van der Waals surface area contributed by atoms with Crippen LogP contribution >= 0.6 is 15.9 Å². The van der Waals surface area contributed by atoms with E-state index >= 15 is 0 Å². The highest BCUT2D eigenvalue weighted by molar-refractivity contribution is 9.10. The number of nitrogens with two attached hydrogens (primary N) is 1. The van der Waals surface area contributed by atoms with Gasteiger partial charge >= 0.3 is 0 Å². The molecule has 0 aliphatic carbocycles. The molecule has 0 spiro atoms. The molecule has 2 aromatic carbocycles. The lowest BCUT2D eigenvalue weighted by Crippen LogP contribution is -2.06. The Kier molecular flexibility index (Phi) is 3.54. The molecule has 1 aliphatic rings. The Morgan fingerprint density at radius 3 is 2.75 bits per heavy atom. The van der Waals surface area contributed by atoms with Crippen LogP contribution in [0.1, 0.15) is 18.5 Å². The van der Waals surface area contributed by atoms with Crippen molar-refractivity contribution in [3.63, 3.8) is 0 Å². The number of rotatable bonds is 3. The largest absolute Gasteiger partial charge is 0.457 e. The lowest BCUT2D eigenvalue weighted by atomic mass is 10.1. The van der Waals surface area contributed by atoms with E-state index in [-0.39, 0.29) is 12.8 Å². The summed E-state index contributed by atoms with van der Waals surface area (Å²) in [5.41, 5.74) is 6.92. The molecule has 1 heterocycles. The Bertz CT molecular complexity index is 643. The van der Waals surface area contributed by atoms with E-state index in [2.05, 4.69) is 15.9 Å². The maximum atomic E-state index is 5.98. The van der Waals surface area contributed by atoms with E-state index in [0.717, 1.165) is 21.5 Å². The second-order valence-corrected chi connectivity index (χ2v) is 5.50. The molecule has 5 heteroatoms. The second-order valence-electron chi connectivity index (χ2n) is 4.59. The van der Waals surface area contributed by atoms with Crippen LogP contribution in [-0.4, -0.2) is 6.79 Å². The van der Waals surface area contributed by atoms with Gasteiger partial charge in [-0.05, 0) is 37.3 Å². The van der Waals surface area contributed by atoms with Gasteiger partial charge in [0.15, 0.2) is 11.5 Å². The highest BCUT2D eigenvalue weighted by Crippen LogP contribution is 2.38. The monoisotopic (exact) mass is 335 g/mol. The summed E-state index contributed by atoms with van der Waals surface area (Å²) < 4.78 is 17.5. The number of benzene rings is 2. The zero-order valence-electron chi connectivity index (χ0n) is 10.9. The highest BCUT2D eigenvalue weighted by atomic mass is 79.9. The summed E-state index contributed by atoms with van der Waals surface area (Å²) in [6.07, 6.45) is 0. The fraction of sp³-hybridized carbons (Fsp3) is 0.200. The van der Waals surface area contributed by atoms with Crippen LogP contribution in [0.15, 0.2) is 40.9 Å². The van der Waals surface area contributed by atoms with Crippen molar-refractivity contribution in [1.82, 2.24) is 0 Å². The zero-order chi connectivity index (χ0) is 14.1. The molecule has 3 rings (SSSR count). The van der Waals surface area contributed by atoms with Crippen molar-refractivity contribution in [3.05, 3.63) is 46.4 Å². The quantitative estimate of drug-likeness (QED) is 0.921. The van der Waals surface area contributed by atoms with Gasteiger partial charge in [-0.25, -0.2) is 0 Å². The minimum Gasteiger partial charge on any atom is -0.457 e. The predicted molar refractivity (Wildman–Crippen MR) is 79.4 cm³/mol. The Morgan fingerprint density at radius 1 is 1.15 bits per heavy atom. The average Bonchev–Trinajstić information content (AvgIpc) is 2.88. The second kappa shape index (κ2) is 5.34. The first-order valence-corrected chi connectivity index (χ1v) is 7.05. The minimum absolute atomic E-state index is 0.114. The van der Waals surface area contributed by atoms with Gasteiger partial charge in [-0.3, -0.25) is 0 Å². The van der Waals surface area contributed by atoms with Crippen LogP contribution in [0.2, 0.25) is 0 Å². The summed E-state index contributed by atoms with van der Waals surface area (Å²) in [7, 11) is 0. The summed E-state index contributed by atoms with van der Waals surface area (Å²) in [5, 5.41) is 0. The van der Waals surface area contributed by atoms with Crippen molar-refractivity contribution in [1.29, 1.82) is 0 Å². The van der Waals surface area contributed by atoms with Crippen molar-refractivity contribution >= 4 is 15.9 Å². The minimum atomic E-state index is -0.114. The molecule has 104 valence electrons. The van der Waals surface area contributed by atoms with Gasteiger partial charge in [-0.2, -0.15) is 0 Å². The summed E-state index contributed by atoms with van der Waals surface area (Å²) in [6, 6.07) is 11.2. The molecule has 0 saturated carbocycles. The van der Waals surface area contributed by atoms with Crippen molar-refractivity contribution in [2.75, 3.05) is 6.79 Å². The first kappa shape index (κ1) is 13.3. The van der Waals surface area contributed by atoms with Gasteiger partial charge in [0, 0.05) is 22.1 Å². The molecule has 20 heavy (non-hydrogen) atoms. The molecule has 2 N–H and O–H groups in total. The van der Waals surface area contributed by atoms with Crippen LogP contribution in [-0.2, 0) is 0 Å². The van der Waals surface area contributed by atoms with E-state index in [4.69, 9.17) is 19.9 Å². The van der Waals surface area contributed by atoms with Crippen LogP contribution in [0.4, 0.5) is 0 Å². The number of fused-ring (bicyclic) bond motifs is 1. The number of halogens is 1. The van der Waals surface area contributed by atoms with E-state index in [1.54, 1.807) is 0 Å². The maximum Gasteiger partial charge on any atom is 0.231 e. The SMILES string of the molecule is CC(N)c1cc(Br)ccc1Oc1ccc2c(c1)OCO2. The lowest BCUT2D eigenvalue weighted by Gasteiger charge is -2.14. The number of hydrogen-bond acceptors (Lipinski definition) is 4. The van der Waals surface area contributed by atoms with Crippen LogP contribution in [0.3, 0.4) is 0 Å². The van der Waals surface area contributed by atoms with Crippen LogP contribution in [0.5, 0.6) is 23.0 Å². The molecule has 2 aromatic rings. The Balaban J connectivity index is 1.91. The highest BCUT2D eigenvalue weighted by Gasteiger charge is 2.15. The Hall–Kier alpha value is -1.72. The van der Waals surface area contributed by atoms with Crippen molar-refractivity contribution in [2.45, 2.75) is 13.0 Å². The standard InChI is InChI=1S/C15H14BrNO3/c1-9(17)12-6-10(16)2-4-13(12)20-11-3-5-14-15(7-11)19-8-18-14/h2-7,9H,8,17H2,1H3. The molecule has 0 saturated heterocycles. The lowest BCUT2D eigenvalue weighted by molar-refractivity contribution is 0.174. The normalized spacial score (nSPS) is 14.2. The molecular formula is C15H14BrNO3. The van der Waals surface area contributed by atoms with Crippen molar-refractivity contribution in [3.8, 4) is 23.0 Å². The van der Waals surface area contributed by atoms with Crippen LogP contribution in [0, 0.1) is 0 Å². The molecule has 0 amide bonds. The molecule has 0 bridgehead atoms. The van der Waals surface area contributed by atoms with E-state index in [0.29, 0.717) is 11.5 Å². The van der Waals surface area contributed by atoms with Crippen molar-refractivity contribution in [2.24, 2.45) is 5.73 Å². The topological polar surface area (TPSA) is 53.7 Å². The molecular weight excluding hydrogens is 322 g/mol. The zero-order valence-corrected chi connectivity index (χ0v) is 12.5. The van der Waals surface area contributed by atoms with Crippen LogP contribution in [0.25, 0.3) is 0 Å². The molecule has 0 aromatic heterocycles. The van der Waals surface area contributed by atoms with E-state index < -0.39 is 0 Å². The predicted octanol–water partition coefficient (Wildman–Crippen LogP) is 3.99. The van der Waals surface area contributed by atoms with E-state index in [1.807, 2.05) is 43.3 Å². The summed E-state index contributed by atoms with van der Waals surface area (Å²) in [6.45, 7) is 2.18. The average molecular weight is 336 g/mol. The third kappa shape index (κ3) is 2.59.